The Hall–Kier alpha value is -2.69. The Morgan fingerprint density at radius 2 is 1.91 bits per heavy atom. The SMILES string of the molecule is COc1nc2ccccc2cc1-c1nccc(NC(C)C)n1. The Morgan fingerprint density at radius 1 is 1.09 bits per heavy atom. The first-order valence-electron chi connectivity index (χ1n) is 7.21. The van der Waals surface area contributed by atoms with Crippen molar-refractivity contribution in [2.45, 2.75) is 19.9 Å². The van der Waals surface area contributed by atoms with Gasteiger partial charge in [0, 0.05) is 17.6 Å². The Balaban J connectivity index is 2.12. The lowest BCUT2D eigenvalue weighted by atomic mass is 10.1. The molecule has 5 nitrogen and oxygen atoms in total. The number of ether oxygens (including phenoxy) is 1. The van der Waals surface area contributed by atoms with E-state index < -0.39 is 0 Å². The minimum Gasteiger partial charge on any atom is -0.480 e. The number of nitrogens with one attached hydrogen (secondary N) is 1. The Morgan fingerprint density at radius 3 is 2.68 bits per heavy atom. The fourth-order valence-electron chi connectivity index (χ4n) is 2.28. The molecule has 112 valence electrons. The molecule has 0 aliphatic carbocycles. The standard InChI is InChI=1S/C17H18N4O/c1-11(2)19-15-8-9-18-16(21-15)13-10-12-6-4-5-7-14(12)20-17(13)22-3/h4-11H,1-3H3,(H,18,19,21). The molecule has 0 spiro atoms. The van der Waals surface area contributed by atoms with Crippen molar-refractivity contribution in [1.29, 1.82) is 0 Å². The van der Waals surface area contributed by atoms with Crippen LogP contribution < -0.4 is 10.1 Å². The molecule has 3 rings (SSSR count). The van der Waals surface area contributed by atoms with Crippen molar-refractivity contribution in [3.8, 4) is 17.3 Å². The third kappa shape index (κ3) is 2.83. The zero-order valence-corrected chi connectivity index (χ0v) is 12.9. The van der Waals surface area contributed by atoms with Crippen LogP contribution in [-0.2, 0) is 0 Å². The van der Waals surface area contributed by atoms with Crippen molar-refractivity contribution < 1.29 is 4.74 Å². The van der Waals surface area contributed by atoms with Gasteiger partial charge in [0.1, 0.15) is 5.82 Å². The van der Waals surface area contributed by atoms with Crippen molar-refractivity contribution in [2.24, 2.45) is 0 Å². The van der Waals surface area contributed by atoms with Gasteiger partial charge in [0.05, 0.1) is 18.2 Å². The lowest BCUT2D eigenvalue weighted by Crippen LogP contribution is -2.11. The van der Waals surface area contributed by atoms with E-state index in [2.05, 4.69) is 34.1 Å². The van der Waals surface area contributed by atoms with Gasteiger partial charge in [-0.05, 0) is 32.0 Å². The maximum atomic E-state index is 5.42. The van der Waals surface area contributed by atoms with Crippen molar-refractivity contribution in [1.82, 2.24) is 15.0 Å². The summed E-state index contributed by atoms with van der Waals surface area (Å²) in [6.45, 7) is 4.14. The number of hydrogen-bond donors (Lipinski definition) is 1. The summed E-state index contributed by atoms with van der Waals surface area (Å²) in [4.78, 5) is 13.5. The van der Waals surface area contributed by atoms with E-state index in [0.717, 1.165) is 22.3 Å². The van der Waals surface area contributed by atoms with E-state index in [4.69, 9.17) is 4.74 Å². The van der Waals surface area contributed by atoms with Crippen LogP contribution in [0.3, 0.4) is 0 Å². The third-order valence-corrected chi connectivity index (χ3v) is 3.22. The molecule has 0 aliphatic rings. The van der Waals surface area contributed by atoms with Crippen LogP contribution in [0.5, 0.6) is 5.88 Å². The highest BCUT2D eigenvalue weighted by atomic mass is 16.5. The van der Waals surface area contributed by atoms with Gasteiger partial charge in [0.25, 0.3) is 0 Å². The Labute approximate surface area is 129 Å². The van der Waals surface area contributed by atoms with E-state index in [9.17, 15) is 0 Å². The summed E-state index contributed by atoms with van der Waals surface area (Å²) in [6.07, 6.45) is 1.74. The lowest BCUT2D eigenvalue weighted by molar-refractivity contribution is 0.401. The molecule has 2 aromatic heterocycles. The summed E-state index contributed by atoms with van der Waals surface area (Å²) in [5, 5.41) is 4.31. The van der Waals surface area contributed by atoms with Crippen LogP contribution >= 0.6 is 0 Å². The van der Waals surface area contributed by atoms with Gasteiger partial charge in [-0.15, -0.1) is 0 Å². The Bertz CT molecular complexity index is 802. The molecule has 0 radical (unpaired) electrons. The smallest absolute Gasteiger partial charge is 0.224 e. The quantitative estimate of drug-likeness (QED) is 0.797. The molecule has 0 unspecified atom stereocenters. The molecule has 0 aliphatic heterocycles. The monoisotopic (exact) mass is 294 g/mol. The number of benzene rings is 1. The molecule has 3 aromatic rings. The summed E-state index contributed by atoms with van der Waals surface area (Å²) in [7, 11) is 1.61. The summed E-state index contributed by atoms with van der Waals surface area (Å²) >= 11 is 0. The van der Waals surface area contributed by atoms with Crippen LogP contribution in [0.2, 0.25) is 0 Å². The molecule has 0 saturated carbocycles. The molecule has 0 saturated heterocycles. The number of fused-ring (bicyclic) bond motifs is 1. The molecular formula is C17H18N4O. The molecule has 0 amide bonds. The van der Waals surface area contributed by atoms with Crippen LogP contribution in [-0.4, -0.2) is 28.1 Å². The first kappa shape index (κ1) is 14.3. The predicted molar refractivity (Wildman–Crippen MR) is 88.1 cm³/mol. The van der Waals surface area contributed by atoms with Crippen molar-refractivity contribution in [3.63, 3.8) is 0 Å². The molecule has 0 atom stereocenters. The highest BCUT2D eigenvalue weighted by molar-refractivity contribution is 5.84. The van der Waals surface area contributed by atoms with Gasteiger partial charge >= 0.3 is 0 Å². The highest BCUT2D eigenvalue weighted by Crippen LogP contribution is 2.29. The summed E-state index contributed by atoms with van der Waals surface area (Å²) in [5.41, 5.74) is 1.67. The first-order chi connectivity index (χ1) is 10.7. The topological polar surface area (TPSA) is 59.9 Å². The highest BCUT2D eigenvalue weighted by Gasteiger charge is 2.13. The second kappa shape index (κ2) is 5.97. The van der Waals surface area contributed by atoms with E-state index >= 15 is 0 Å². The van der Waals surface area contributed by atoms with Crippen molar-refractivity contribution >= 4 is 16.7 Å². The van der Waals surface area contributed by atoms with Crippen LogP contribution in [0.25, 0.3) is 22.3 Å². The van der Waals surface area contributed by atoms with Gasteiger partial charge in [-0.1, -0.05) is 18.2 Å². The number of para-hydroxylation sites is 1. The van der Waals surface area contributed by atoms with Crippen LogP contribution in [0, 0.1) is 0 Å². The molecule has 0 fully saturated rings. The van der Waals surface area contributed by atoms with Gasteiger partial charge in [-0.2, -0.15) is 0 Å². The average molecular weight is 294 g/mol. The van der Waals surface area contributed by atoms with Crippen molar-refractivity contribution in [3.05, 3.63) is 42.6 Å². The molecule has 22 heavy (non-hydrogen) atoms. The van der Waals surface area contributed by atoms with Crippen LogP contribution in [0.1, 0.15) is 13.8 Å². The van der Waals surface area contributed by atoms with Gasteiger partial charge < -0.3 is 10.1 Å². The molecule has 0 bridgehead atoms. The van der Waals surface area contributed by atoms with E-state index in [-0.39, 0.29) is 0 Å². The minimum absolute atomic E-state index is 0.305. The maximum Gasteiger partial charge on any atom is 0.224 e. The van der Waals surface area contributed by atoms with Crippen molar-refractivity contribution in [2.75, 3.05) is 12.4 Å². The summed E-state index contributed by atoms with van der Waals surface area (Å²) in [5.74, 6) is 1.91. The van der Waals surface area contributed by atoms with E-state index in [0.29, 0.717) is 17.7 Å². The zero-order chi connectivity index (χ0) is 15.5. The fourth-order valence-corrected chi connectivity index (χ4v) is 2.28. The van der Waals surface area contributed by atoms with Gasteiger partial charge in [0.2, 0.25) is 5.88 Å². The number of pyridine rings is 1. The zero-order valence-electron chi connectivity index (χ0n) is 12.9. The summed E-state index contributed by atoms with van der Waals surface area (Å²) < 4.78 is 5.42. The molecule has 2 heterocycles. The lowest BCUT2D eigenvalue weighted by Gasteiger charge is -2.11. The number of nitrogens with zero attached hydrogens (tertiary/aromatic N) is 3. The predicted octanol–water partition coefficient (Wildman–Crippen LogP) is 3.52. The normalized spacial score (nSPS) is 10.9. The number of methoxy groups -OCH3 is 1. The second-order valence-electron chi connectivity index (χ2n) is 5.30. The van der Waals surface area contributed by atoms with E-state index in [1.54, 1.807) is 13.3 Å². The van der Waals surface area contributed by atoms with E-state index in [1.807, 2.05) is 36.4 Å². The Kier molecular flexibility index (Phi) is 3.87. The summed E-state index contributed by atoms with van der Waals surface area (Å²) in [6, 6.07) is 12.1. The number of rotatable bonds is 4. The molecule has 1 N–H and O–H groups in total. The number of anilines is 1. The molecule has 5 heteroatoms. The molecule has 1 aromatic carbocycles. The minimum atomic E-state index is 0.305. The average Bonchev–Trinajstić information content (AvgIpc) is 2.53. The maximum absolute atomic E-state index is 5.42. The fraction of sp³-hybridized carbons (Fsp3) is 0.235. The van der Waals surface area contributed by atoms with Crippen LogP contribution in [0.15, 0.2) is 42.6 Å². The van der Waals surface area contributed by atoms with E-state index in [1.165, 1.54) is 0 Å². The second-order valence-corrected chi connectivity index (χ2v) is 5.30. The third-order valence-electron chi connectivity index (χ3n) is 3.22. The van der Waals surface area contributed by atoms with Gasteiger partial charge in [-0.25, -0.2) is 15.0 Å². The largest absolute Gasteiger partial charge is 0.480 e. The van der Waals surface area contributed by atoms with Crippen LogP contribution in [0.4, 0.5) is 5.82 Å². The van der Waals surface area contributed by atoms with Gasteiger partial charge in [-0.3, -0.25) is 0 Å². The number of aromatic nitrogens is 3. The first-order valence-corrected chi connectivity index (χ1v) is 7.21. The van der Waals surface area contributed by atoms with Gasteiger partial charge in [0.15, 0.2) is 5.82 Å². The molecular weight excluding hydrogens is 276 g/mol. The number of hydrogen-bond acceptors (Lipinski definition) is 5.